The first-order valence-electron chi connectivity index (χ1n) is 7.21. The molecular weight excluding hydrogens is 295 g/mol. The van der Waals surface area contributed by atoms with Crippen molar-refractivity contribution in [2.75, 3.05) is 5.32 Å². The van der Waals surface area contributed by atoms with Gasteiger partial charge < -0.3 is 9.88 Å². The van der Waals surface area contributed by atoms with Crippen LogP contribution in [0.3, 0.4) is 0 Å². The zero-order valence-electron chi connectivity index (χ0n) is 13.2. The van der Waals surface area contributed by atoms with Gasteiger partial charge >= 0.3 is 0 Å². The van der Waals surface area contributed by atoms with E-state index in [0.29, 0.717) is 11.4 Å². The minimum absolute atomic E-state index is 0.217. The highest BCUT2D eigenvalue weighted by atomic mass is 19.1. The number of hydrogen-bond acceptors (Lipinski definition) is 2. The van der Waals surface area contributed by atoms with Crippen LogP contribution in [0.25, 0.3) is 5.69 Å². The standard InChI is InChI=1S/C17H17FN4O/c1-11-10-15(17(23)19-16-8-9-21(3)20-16)12(2)22(11)14-6-4-13(18)5-7-14/h4-10H,1-3H3,(H,19,20,23). The number of benzene rings is 1. The highest BCUT2D eigenvalue weighted by molar-refractivity contribution is 6.04. The molecule has 5 nitrogen and oxygen atoms in total. The van der Waals surface area contributed by atoms with Crippen LogP contribution >= 0.6 is 0 Å². The smallest absolute Gasteiger partial charge is 0.258 e. The van der Waals surface area contributed by atoms with E-state index in [2.05, 4.69) is 10.4 Å². The Labute approximate surface area is 133 Å². The maximum absolute atomic E-state index is 13.1. The highest BCUT2D eigenvalue weighted by Crippen LogP contribution is 2.22. The lowest BCUT2D eigenvalue weighted by Gasteiger charge is -2.09. The van der Waals surface area contributed by atoms with E-state index in [9.17, 15) is 9.18 Å². The molecule has 0 saturated carbocycles. The first kappa shape index (κ1) is 15.0. The molecule has 0 aliphatic rings. The number of carbonyl (C=O) groups is 1. The maximum Gasteiger partial charge on any atom is 0.258 e. The van der Waals surface area contributed by atoms with Gasteiger partial charge in [0, 0.05) is 36.4 Å². The average molecular weight is 312 g/mol. The number of hydrogen-bond donors (Lipinski definition) is 1. The van der Waals surface area contributed by atoms with Crippen molar-refractivity contribution < 1.29 is 9.18 Å². The van der Waals surface area contributed by atoms with Gasteiger partial charge in [-0.1, -0.05) is 0 Å². The summed E-state index contributed by atoms with van der Waals surface area (Å²) in [6, 6.07) is 9.74. The van der Waals surface area contributed by atoms with Crippen LogP contribution in [-0.4, -0.2) is 20.3 Å². The van der Waals surface area contributed by atoms with E-state index in [1.165, 1.54) is 12.1 Å². The van der Waals surface area contributed by atoms with Gasteiger partial charge in [-0.2, -0.15) is 5.10 Å². The molecule has 0 unspecified atom stereocenters. The quantitative estimate of drug-likeness (QED) is 0.807. The molecule has 0 radical (unpaired) electrons. The van der Waals surface area contributed by atoms with E-state index in [4.69, 9.17) is 0 Å². The zero-order valence-corrected chi connectivity index (χ0v) is 13.2. The molecule has 3 rings (SSSR count). The first-order valence-corrected chi connectivity index (χ1v) is 7.21. The lowest BCUT2D eigenvalue weighted by atomic mass is 10.2. The molecule has 2 aromatic heterocycles. The Morgan fingerprint density at radius 3 is 2.48 bits per heavy atom. The van der Waals surface area contributed by atoms with Crippen LogP contribution in [0.5, 0.6) is 0 Å². The largest absolute Gasteiger partial charge is 0.318 e. The minimum Gasteiger partial charge on any atom is -0.318 e. The second-order valence-electron chi connectivity index (χ2n) is 5.43. The SMILES string of the molecule is Cc1cc(C(=O)Nc2ccn(C)n2)c(C)n1-c1ccc(F)cc1. The fourth-order valence-corrected chi connectivity index (χ4v) is 2.65. The van der Waals surface area contributed by atoms with E-state index in [0.717, 1.165) is 17.1 Å². The lowest BCUT2D eigenvalue weighted by Crippen LogP contribution is -2.13. The van der Waals surface area contributed by atoms with Crippen molar-refractivity contribution in [1.82, 2.24) is 14.3 Å². The van der Waals surface area contributed by atoms with Gasteiger partial charge in [0.25, 0.3) is 5.91 Å². The number of amides is 1. The van der Waals surface area contributed by atoms with Gasteiger partial charge in [0.2, 0.25) is 0 Å². The van der Waals surface area contributed by atoms with Crippen LogP contribution in [0, 0.1) is 19.7 Å². The number of halogens is 1. The Kier molecular flexibility index (Phi) is 3.73. The second kappa shape index (κ2) is 5.72. The summed E-state index contributed by atoms with van der Waals surface area (Å²) in [5.41, 5.74) is 3.08. The Bertz CT molecular complexity index is 861. The van der Waals surface area contributed by atoms with Gasteiger partial charge in [-0.25, -0.2) is 4.39 Å². The maximum atomic E-state index is 13.1. The summed E-state index contributed by atoms with van der Waals surface area (Å²) in [7, 11) is 1.79. The van der Waals surface area contributed by atoms with Crippen molar-refractivity contribution in [2.45, 2.75) is 13.8 Å². The Hall–Kier alpha value is -2.89. The number of nitrogens with one attached hydrogen (secondary N) is 1. The fraction of sp³-hybridized carbons (Fsp3) is 0.176. The lowest BCUT2D eigenvalue weighted by molar-refractivity contribution is 0.102. The molecule has 1 aromatic carbocycles. The molecule has 0 atom stereocenters. The molecular formula is C17H17FN4O. The fourth-order valence-electron chi connectivity index (χ4n) is 2.65. The van der Waals surface area contributed by atoms with E-state index in [-0.39, 0.29) is 11.7 Å². The molecule has 0 bridgehead atoms. The average Bonchev–Trinajstić information content (AvgIpc) is 3.04. The Balaban J connectivity index is 1.94. The monoisotopic (exact) mass is 312 g/mol. The van der Waals surface area contributed by atoms with E-state index in [1.54, 1.807) is 36.1 Å². The first-order chi connectivity index (χ1) is 11.0. The Morgan fingerprint density at radius 1 is 1.17 bits per heavy atom. The number of carbonyl (C=O) groups excluding carboxylic acids is 1. The summed E-state index contributed by atoms with van der Waals surface area (Å²) in [6.45, 7) is 3.78. The molecule has 118 valence electrons. The molecule has 0 aliphatic carbocycles. The van der Waals surface area contributed by atoms with E-state index in [1.807, 2.05) is 24.5 Å². The summed E-state index contributed by atoms with van der Waals surface area (Å²) in [4.78, 5) is 12.5. The molecule has 2 heterocycles. The number of anilines is 1. The molecule has 0 spiro atoms. The number of rotatable bonds is 3. The second-order valence-corrected chi connectivity index (χ2v) is 5.43. The molecule has 23 heavy (non-hydrogen) atoms. The number of nitrogens with zero attached hydrogens (tertiary/aromatic N) is 3. The number of aromatic nitrogens is 3. The minimum atomic E-state index is -0.288. The van der Waals surface area contributed by atoms with Crippen LogP contribution in [0.15, 0.2) is 42.6 Å². The number of aryl methyl sites for hydroxylation is 2. The van der Waals surface area contributed by atoms with Crippen molar-refractivity contribution in [2.24, 2.45) is 7.05 Å². The van der Waals surface area contributed by atoms with E-state index >= 15 is 0 Å². The third-order valence-corrected chi connectivity index (χ3v) is 3.72. The molecule has 0 fully saturated rings. The topological polar surface area (TPSA) is 51.9 Å². The van der Waals surface area contributed by atoms with Gasteiger partial charge in [-0.05, 0) is 44.2 Å². The van der Waals surface area contributed by atoms with Crippen LogP contribution in [-0.2, 0) is 7.05 Å². The predicted molar refractivity (Wildman–Crippen MR) is 86.4 cm³/mol. The summed E-state index contributed by atoms with van der Waals surface area (Å²) in [6.07, 6.45) is 1.76. The van der Waals surface area contributed by atoms with Gasteiger partial charge in [-0.15, -0.1) is 0 Å². The summed E-state index contributed by atoms with van der Waals surface area (Å²) < 4.78 is 16.6. The molecule has 0 aliphatic heterocycles. The zero-order chi connectivity index (χ0) is 16.6. The van der Waals surface area contributed by atoms with Crippen molar-refractivity contribution >= 4 is 11.7 Å². The third-order valence-electron chi connectivity index (χ3n) is 3.72. The van der Waals surface area contributed by atoms with Crippen molar-refractivity contribution in [3.63, 3.8) is 0 Å². The van der Waals surface area contributed by atoms with Crippen molar-refractivity contribution in [3.05, 3.63) is 65.4 Å². The molecule has 6 heteroatoms. The van der Waals surface area contributed by atoms with Gasteiger partial charge in [0.1, 0.15) is 5.82 Å². The van der Waals surface area contributed by atoms with Gasteiger partial charge in [-0.3, -0.25) is 9.48 Å². The van der Waals surface area contributed by atoms with E-state index < -0.39 is 0 Å². The molecule has 0 saturated heterocycles. The summed E-state index contributed by atoms with van der Waals surface area (Å²) >= 11 is 0. The third kappa shape index (κ3) is 2.88. The van der Waals surface area contributed by atoms with Crippen molar-refractivity contribution in [3.8, 4) is 5.69 Å². The van der Waals surface area contributed by atoms with Gasteiger partial charge in [0.15, 0.2) is 5.82 Å². The van der Waals surface area contributed by atoms with Crippen LogP contribution < -0.4 is 5.32 Å². The van der Waals surface area contributed by atoms with Crippen LogP contribution in [0.1, 0.15) is 21.7 Å². The molecule has 1 N–H and O–H groups in total. The van der Waals surface area contributed by atoms with Crippen molar-refractivity contribution in [1.29, 1.82) is 0 Å². The molecule has 1 amide bonds. The van der Waals surface area contributed by atoms with Gasteiger partial charge in [0.05, 0.1) is 5.56 Å². The highest BCUT2D eigenvalue weighted by Gasteiger charge is 2.17. The molecule has 3 aromatic rings. The predicted octanol–water partition coefficient (Wildman–Crippen LogP) is 3.22. The summed E-state index contributed by atoms with van der Waals surface area (Å²) in [5.74, 6) is -0.00132. The summed E-state index contributed by atoms with van der Waals surface area (Å²) in [5, 5.41) is 6.92. The normalized spacial score (nSPS) is 10.8. The Morgan fingerprint density at radius 2 is 1.87 bits per heavy atom. The van der Waals surface area contributed by atoms with Crippen LogP contribution in [0.2, 0.25) is 0 Å². The van der Waals surface area contributed by atoms with Crippen LogP contribution in [0.4, 0.5) is 10.2 Å².